The van der Waals surface area contributed by atoms with Crippen LogP contribution in [-0.2, 0) is 20.8 Å². The molecule has 8 nitrogen and oxygen atoms in total. The Kier molecular flexibility index (Phi) is 6.03. The van der Waals surface area contributed by atoms with E-state index in [4.69, 9.17) is 0 Å². The quantitative estimate of drug-likeness (QED) is 0.608. The van der Waals surface area contributed by atoms with Crippen LogP contribution < -0.4 is 10.6 Å². The number of nitrogens with one attached hydrogen (secondary N) is 3. The number of hydrogen-bond donors (Lipinski definition) is 3. The second kappa shape index (κ2) is 8.87. The topological polar surface area (TPSA) is 97.5 Å². The fourth-order valence-electron chi connectivity index (χ4n) is 3.90. The summed E-state index contributed by atoms with van der Waals surface area (Å²) in [6.45, 7) is 4.55. The molecule has 0 bridgehead atoms. The number of para-hydroxylation sites is 1. The van der Waals surface area contributed by atoms with Gasteiger partial charge in [0, 0.05) is 55.9 Å². The summed E-state index contributed by atoms with van der Waals surface area (Å²) in [5, 5.41) is 6.95. The van der Waals surface area contributed by atoms with E-state index in [2.05, 4.69) is 26.6 Å². The third kappa shape index (κ3) is 4.64. The number of H-pyrrole nitrogens is 1. The summed E-state index contributed by atoms with van der Waals surface area (Å²) in [7, 11) is 0. The van der Waals surface area contributed by atoms with Crippen LogP contribution in [0.2, 0.25) is 0 Å². The lowest BCUT2D eigenvalue weighted by molar-refractivity contribution is -0.147. The number of piperazine rings is 1. The third-order valence-electron chi connectivity index (χ3n) is 6.00. The number of carbonyl (C=O) groups is 3. The van der Waals surface area contributed by atoms with Crippen molar-refractivity contribution in [3.63, 3.8) is 0 Å². The molecule has 1 saturated carbocycles. The van der Waals surface area contributed by atoms with Crippen LogP contribution in [0, 0.1) is 0 Å². The van der Waals surface area contributed by atoms with Crippen molar-refractivity contribution < 1.29 is 14.4 Å². The minimum absolute atomic E-state index is 0.0129. The summed E-state index contributed by atoms with van der Waals surface area (Å²) in [6.07, 6.45) is 4.68. The fraction of sp³-hybridized carbons (Fsp3) is 0.500. The van der Waals surface area contributed by atoms with E-state index in [1.54, 1.807) is 4.90 Å². The van der Waals surface area contributed by atoms with Crippen molar-refractivity contribution in [1.82, 2.24) is 25.4 Å². The Morgan fingerprint density at radius 2 is 1.87 bits per heavy atom. The van der Waals surface area contributed by atoms with E-state index in [0.29, 0.717) is 32.7 Å². The van der Waals surface area contributed by atoms with Gasteiger partial charge in [0.2, 0.25) is 5.91 Å². The zero-order valence-electron chi connectivity index (χ0n) is 17.3. The molecule has 8 heteroatoms. The summed E-state index contributed by atoms with van der Waals surface area (Å²) in [5.41, 5.74) is 2.29. The van der Waals surface area contributed by atoms with E-state index >= 15 is 0 Å². The molecule has 2 aromatic rings. The molecule has 3 N–H and O–H groups in total. The molecule has 1 aromatic carbocycles. The zero-order chi connectivity index (χ0) is 21.1. The summed E-state index contributed by atoms with van der Waals surface area (Å²) in [6, 6.07) is 8.04. The Balaban J connectivity index is 1.20. The van der Waals surface area contributed by atoms with Gasteiger partial charge in [-0.15, -0.1) is 0 Å². The zero-order valence-corrected chi connectivity index (χ0v) is 17.3. The number of nitrogens with zero attached hydrogens (tertiary/aromatic N) is 2. The minimum atomic E-state index is -0.506. The number of hydrogen-bond acceptors (Lipinski definition) is 4. The second-order valence-corrected chi connectivity index (χ2v) is 8.15. The maximum atomic E-state index is 12.6. The summed E-state index contributed by atoms with van der Waals surface area (Å²) in [4.78, 5) is 43.6. The molecule has 1 saturated heterocycles. The van der Waals surface area contributed by atoms with Crippen molar-refractivity contribution in [2.24, 2.45) is 0 Å². The molecule has 0 radical (unpaired) electrons. The van der Waals surface area contributed by atoms with Crippen molar-refractivity contribution in [2.45, 2.75) is 38.3 Å². The standard InChI is InChI=1S/C22H29N5O3/c1-15(20(28)23-9-8-16-14-24-19-5-3-2-4-18(16)19)26-10-12-27(13-11-26)22(30)21(29)25-17-6-7-17/h2-5,14-15,17,24H,6-13H2,1H3,(H,23,28)(H,25,29). The lowest BCUT2D eigenvalue weighted by Crippen LogP contribution is -2.57. The number of benzene rings is 1. The Labute approximate surface area is 176 Å². The summed E-state index contributed by atoms with van der Waals surface area (Å²) >= 11 is 0. The Bertz CT molecular complexity index is 928. The fourth-order valence-corrected chi connectivity index (χ4v) is 3.90. The molecule has 2 fully saturated rings. The first kappa shape index (κ1) is 20.4. The second-order valence-electron chi connectivity index (χ2n) is 8.15. The van der Waals surface area contributed by atoms with Gasteiger partial charge in [-0.1, -0.05) is 18.2 Å². The predicted molar refractivity (Wildman–Crippen MR) is 114 cm³/mol. The van der Waals surface area contributed by atoms with Gasteiger partial charge in [0.05, 0.1) is 6.04 Å². The molecule has 160 valence electrons. The van der Waals surface area contributed by atoms with E-state index in [9.17, 15) is 14.4 Å². The van der Waals surface area contributed by atoms with Gasteiger partial charge in [-0.25, -0.2) is 0 Å². The van der Waals surface area contributed by atoms with Crippen LogP contribution >= 0.6 is 0 Å². The highest BCUT2D eigenvalue weighted by Gasteiger charge is 2.32. The van der Waals surface area contributed by atoms with Crippen molar-refractivity contribution in [1.29, 1.82) is 0 Å². The molecular formula is C22H29N5O3. The average molecular weight is 412 g/mol. The molecule has 1 unspecified atom stereocenters. The van der Waals surface area contributed by atoms with Crippen molar-refractivity contribution >= 4 is 28.6 Å². The van der Waals surface area contributed by atoms with E-state index < -0.39 is 11.8 Å². The smallest absolute Gasteiger partial charge is 0.311 e. The van der Waals surface area contributed by atoms with Gasteiger partial charge < -0.3 is 20.5 Å². The maximum Gasteiger partial charge on any atom is 0.311 e. The number of aromatic amines is 1. The van der Waals surface area contributed by atoms with Crippen molar-refractivity contribution in [2.75, 3.05) is 32.7 Å². The molecule has 1 aliphatic heterocycles. The van der Waals surface area contributed by atoms with Gasteiger partial charge in [-0.2, -0.15) is 0 Å². The molecule has 2 heterocycles. The van der Waals surface area contributed by atoms with Gasteiger partial charge in [-0.05, 0) is 37.8 Å². The number of carbonyl (C=O) groups excluding carboxylic acids is 3. The largest absolute Gasteiger partial charge is 0.361 e. The first-order valence-electron chi connectivity index (χ1n) is 10.7. The van der Waals surface area contributed by atoms with Crippen molar-refractivity contribution in [3.05, 3.63) is 36.0 Å². The first-order valence-corrected chi connectivity index (χ1v) is 10.7. The maximum absolute atomic E-state index is 12.6. The average Bonchev–Trinajstić information content (AvgIpc) is 3.50. The number of rotatable bonds is 6. The monoisotopic (exact) mass is 411 g/mol. The lowest BCUT2D eigenvalue weighted by atomic mass is 10.1. The van der Waals surface area contributed by atoms with Gasteiger partial charge in [0.15, 0.2) is 0 Å². The van der Waals surface area contributed by atoms with Crippen LogP contribution in [-0.4, -0.2) is 77.3 Å². The molecule has 1 aliphatic carbocycles. The minimum Gasteiger partial charge on any atom is -0.361 e. The molecular weight excluding hydrogens is 382 g/mol. The van der Waals surface area contributed by atoms with E-state index in [1.807, 2.05) is 31.3 Å². The number of aromatic nitrogens is 1. The van der Waals surface area contributed by atoms with E-state index in [1.165, 1.54) is 10.9 Å². The lowest BCUT2D eigenvalue weighted by Gasteiger charge is -2.37. The van der Waals surface area contributed by atoms with Gasteiger partial charge in [0.1, 0.15) is 0 Å². The normalized spacial score (nSPS) is 18.2. The van der Waals surface area contributed by atoms with Gasteiger partial charge in [-0.3, -0.25) is 19.3 Å². The number of amides is 3. The van der Waals surface area contributed by atoms with Crippen LogP contribution in [0.4, 0.5) is 0 Å². The first-order chi connectivity index (χ1) is 14.5. The summed E-state index contributed by atoms with van der Waals surface area (Å²) in [5.74, 6) is -0.979. The Morgan fingerprint density at radius 1 is 1.13 bits per heavy atom. The van der Waals surface area contributed by atoms with Crippen LogP contribution in [0.15, 0.2) is 30.5 Å². The molecule has 30 heavy (non-hydrogen) atoms. The molecule has 2 aliphatic rings. The molecule has 1 atom stereocenters. The van der Waals surface area contributed by atoms with E-state index in [-0.39, 0.29) is 18.0 Å². The number of fused-ring (bicyclic) bond motifs is 1. The van der Waals surface area contributed by atoms with Crippen molar-refractivity contribution in [3.8, 4) is 0 Å². The molecule has 1 aromatic heterocycles. The highest BCUT2D eigenvalue weighted by Crippen LogP contribution is 2.19. The van der Waals surface area contributed by atoms with Crippen LogP contribution in [0.3, 0.4) is 0 Å². The highest BCUT2D eigenvalue weighted by atomic mass is 16.2. The van der Waals surface area contributed by atoms with Gasteiger partial charge >= 0.3 is 11.8 Å². The Hall–Kier alpha value is -2.87. The van der Waals surface area contributed by atoms with Crippen LogP contribution in [0.5, 0.6) is 0 Å². The van der Waals surface area contributed by atoms with Gasteiger partial charge in [0.25, 0.3) is 0 Å². The highest BCUT2D eigenvalue weighted by molar-refractivity contribution is 6.35. The third-order valence-corrected chi connectivity index (χ3v) is 6.00. The molecule has 0 spiro atoms. The SMILES string of the molecule is CC(C(=O)NCCc1c[nH]c2ccccc12)N1CCN(C(=O)C(=O)NC2CC2)CC1. The van der Waals surface area contributed by atoms with E-state index in [0.717, 1.165) is 24.8 Å². The Morgan fingerprint density at radius 3 is 2.60 bits per heavy atom. The molecule has 3 amide bonds. The van der Waals surface area contributed by atoms with Crippen LogP contribution in [0.25, 0.3) is 10.9 Å². The summed E-state index contributed by atoms with van der Waals surface area (Å²) < 4.78 is 0. The predicted octanol–water partition coefficient (Wildman–Crippen LogP) is 0.638. The molecule has 4 rings (SSSR count). The van der Waals surface area contributed by atoms with Crippen LogP contribution in [0.1, 0.15) is 25.3 Å².